The van der Waals surface area contributed by atoms with Gasteiger partial charge in [-0.05, 0) is 55.0 Å². The summed E-state index contributed by atoms with van der Waals surface area (Å²) in [7, 11) is 0. The van der Waals surface area contributed by atoms with Gasteiger partial charge in [0.1, 0.15) is 5.82 Å². The highest BCUT2D eigenvalue weighted by atomic mass is 16.3. The van der Waals surface area contributed by atoms with Crippen LogP contribution in [0.5, 0.6) is 0 Å². The van der Waals surface area contributed by atoms with Crippen LogP contribution in [0.25, 0.3) is 22.3 Å². The number of aliphatic hydroxyl groups excluding tert-OH is 1. The van der Waals surface area contributed by atoms with Gasteiger partial charge in [0, 0.05) is 71.9 Å². The maximum absolute atomic E-state index is 10.7. The lowest BCUT2D eigenvalue weighted by molar-refractivity contribution is 0.0333. The van der Waals surface area contributed by atoms with Crippen molar-refractivity contribution in [2.24, 2.45) is 5.41 Å². The number of aliphatic hydroxyl groups is 1. The number of aromatic amines is 1. The lowest BCUT2D eigenvalue weighted by Gasteiger charge is -2.44. The summed E-state index contributed by atoms with van der Waals surface area (Å²) in [5.74, 6) is 2.32. The van der Waals surface area contributed by atoms with Crippen molar-refractivity contribution in [1.82, 2.24) is 15.0 Å². The monoisotopic (exact) mass is 523 g/mol. The van der Waals surface area contributed by atoms with E-state index in [1.807, 2.05) is 0 Å². The van der Waals surface area contributed by atoms with E-state index in [1.165, 1.54) is 33.3 Å². The first-order chi connectivity index (χ1) is 18.6. The van der Waals surface area contributed by atoms with Crippen LogP contribution in [0.1, 0.15) is 68.0 Å². The molecule has 0 spiro atoms. The van der Waals surface area contributed by atoms with Crippen molar-refractivity contribution in [3.05, 3.63) is 70.5 Å². The van der Waals surface area contributed by atoms with Crippen molar-refractivity contribution in [2.45, 2.75) is 73.0 Å². The number of nitrogens with zero attached hydrogens (tertiary/aromatic N) is 4. The lowest BCUT2D eigenvalue weighted by Crippen LogP contribution is -2.49. The first-order valence-electron chi connectivity index (χ1n) is 14.4. The van der Waals surface area contributed by atoms with Crippen molar-refractivity contribution < 1.29 is 5.11 Å². The lowest BCUT2D eigenvalue weighted by atomic mass is 9.81. The van der Waals surface area contributed by atoms with Gasteiger partial charge in [-0.2, -0.15) is 0 Å². The molecule has 2 aromatic carbocycles. The Kier molecular flexibility index (Phi) is 6.41. The molecule has 1 atom stereocenters. The highest BCUT2D eigenvalue weighted by molar-refractivity contribution is 5.96. The van der Waals surface area contributed by atoms with E-state index >= 15 is 0 Å². The summed E-state index contributed by atoms with van der Waals surface area (Å²) in [5, 5.41) is 11.9. The maximum atomic E-state index is 10.7. The minimum atomic E-state index is -0.306. The number of hydrogen-bond acceptors (Lipinski definition) is 5. The Labute approximate surface area is 232 Å². The van der Waals surface area contributed by atoms with Crippen molar-refractivity contribution in [1.29, 1.82) is 0 Å². The van der Waals surface area contributed by atoms with Gasteiger partial charge in [-0.15, -0.1) is 0 Å². The number of hydrogen-bond donors (Lipinski definition) is 2. The number of H-pyrrole nitrogens is 1. The highest BCUT2D eigenvalue weighted by Crippen LogP contribution is 2.39. The van der Waals surface area contributed by atoms with E-state index in [1.54, 1.807) is 0 Å². The molecule has 0 aliphatic carbocycles. The Morgan fingerprint density at radius 2 is 1.85 bits per heavy atom. The van der Waals surface area contributed by atoms with Crippen LogP contribution < -0.4 is 9.80 Å². The maximum Gasteiger partial charge on any atom is 0.162 e. The number of anilines is 2. The van der Waals surface area contributed by atoms with E-state index < -0.39 is 0 Å². The smallest absolute Gasteiger partial charge is 0.162 e. The Balaban J connectivity index is 1.48. The van der Waals surface area contributed by atoms with Gasteiger partial charge in [0.25, 0.3) is 0 Å². The molecule has 2 aliphatic heterocycles. The summed E-state index contributed by atoms with van der Waals surface area (Å²) in [6.45, 7) is 16.5. The molecule has 0 saturated carbocycles. The zero-order valence-electron chi connectivity index (χ0n) is 24.2. The third-order valence-electron chi connectivity index (χ3n) is 8.90. The molecule has 0 unspecified atom stereocenters. The van der Waals surface area contributed by atoms with E-state index in [0.717, 1.165) is 67.4 Å². The van der Waals surface area contributed by atoms with Crippen molar-refractivity contribution in [3.8, 4) is 11.4 Å². The Bertz CT molecular complexity index is 1530. The van der Waals surface area contributed by atoms with Crippen LogP contribution in [0.2, 0.25) is 0 Å². The van der Waals surface area contributed by atoms with Crippen LogP contribution in [-0.4, -0.2) is 45.8 Å². The number of benzene rings is 2. The molecular weight excluding hydrogens is 482 g/mol. The molecule has 0 radical (unpaired) electrons. The minimum absolute atomic E-state index is 0.204. The molecule has 6 nitrogen and oxygen atoms in total. The number of rotatable bonds is 4. The van der Waals surface area contributed by atoms with Crippen LogP contribution in [0.15, 0.2) is 42.6 Å². The van der Waals surface area contributed by atoms with Gasteiger partial charge >= 0.3 is 0 Å². The van der Waals surface area contributed by atoms with Gasteiger partial charge in [-0.25, -0.2) is 9.97 Å². The fourth-order valence-electron chi connectivity index (χ4n) is 6.38. The predicted molar refractivity (Wildman–Crippen MR) is 161 cm³/mol. The molecule has 4 heterocycles. The van der Waals surface area contributed by atoms with Gasteiger partial charge < -0.3 is 19.9 Å². The molecule has 2 aromatic heterocycles. The van der Waals surface area contributed by atoms with E-state index in [9.17, 15) is 5.11 Å². The molecule has 6 rings (SSSR count). The second-order valence-electron chi connectivity index (χ2n) is 12.6. The number of nitrogens with one attached hydrogen (secondary N) is 1. The molecule has 39 heavy (non-hydrogen) atoms. The molecule has 1 saturated heterocycles. The number of aryl methyl sites for hydroxylation is 2. The highest BCUT2D eigenvalue weighted by Gasteiger charge is 2.37. The fourth-order valence-corrected chi connectivity index (χ4v) is 6.38. The zero-order valence-corrected chi connectivity index (χ0v) is 24.2. The van der Waals surface area contributed by atoms with Gasteiger partial charge in [-0.3, -0.25) is 0 Å². The van der Waals surface area contributed by atoms with Crippen molar-refractivity contribution >= 4 is 22.4 Å². The van der Waals surface area contributed by atoms with Gasteiger partial charge in [0.05, 0.1) is 11.8 Å². The van der Waals surface area contributed by atoms with Crippen LogP contribution in [0.3, 0.4) is 0 Å². The van der Waals surface area contributed by atoms with Gasteiger partial charge in [0.15, 0.2) is 5.82 Å². The molecule has 204 valence electrons. The molecule has 0 bridgehead atoms. The Morgan fingerprint density at radius 3 is 2.62 bits per heavy atom. The third-order valence-corrected chi connectivity index (χ3v) is 8.90. The number of fused-ring (bicyclic) bond motifs is 2. The second kappa shape index (κ2) is 9.67. The number of piperidine rings is 1. The third kappa shape index (κ3) is 4.59. The van der Waals surface area contributed by atoms with Crippen molar-refractivity contribution in [2.75, 3.05) is 29.4 Å². The average molecular weight is 524 g/mol. The quantitative estimate of drug-likeness (QED) is 0.319. The van der Waals surface area contributed by atoms with Crippen LogP contribution in [0, 0.1) is 19.3 Å². The molecule has 4 aromatic rings. The van der Waals surface area contributed by atoms with Gasteiger partial charge in [0.2, 0.25) is 0 Å². The second-order valence-corrected chi connectivity index (χ2v) is 12.6. The summed E-state index contributed by atoms with van der Waals surface area (Å²) in [5.41, 5.74) is 9.55. The normalized spacial score (nSPS) is 19.1. The summed E-state index contributed by atoms with van der Waals surface area (Å²) in [4.78, 5) is 18.9. The summed E-state index contributed by atoms with van der Waals surface area (Å²) in [6, 6.07) is 13.2. The van der Waals surface area contributed by atoms with E-state index in [-0.39, 0.29) is 11.5 Å². The SMILES string of the molecule is Cc1ccc(C(C)C)cc1N1CCc2nc(-c3cccc4[nH]cc(C)c34)nc(N3CC[C@@H](O)C(C)(C)C3)c2C1. The standard InChI is InChI=1S/C33H41N5O/c1-20(2)23-11-10-21(3)28(16-23)37-14-12-26-25(18-37)32(38-15-13-29(39)33(5,6)19-38)36-31(35-26)24-8-7-9-27-30(24)22(4)17-34-27/h7-11,16-17,20,29,34,39H,12-15,18-19H2,1-6H3/t29-/m1/s1. The van der Waals surface area contributed by atoms with Crippen LogP contribution >= 0.6 is 0 Å². The first-order valence-corrected chi connectivity index (χ1v) is 14.4. The number of aromatic nitrogens is 3. The molecule has 2 N–H and O–H groups in total. The molecule has 0 amide bonds. The first kappa shape index (κ1) is 25.9. The predicted octanol–water partition coefficient (Wildman–Crippen LogP) is 6.53. The minimum Gasteiger partial charge on any atom is -0.392 e. The van der Waals surface area contributed by atoms with Crippen LogP contribution in [-0.2, 0) is 13.0 Å². The summed E-state index contributed by atoms with van der Waals surface area (Å²) in [6.07, 6.45) is 3.38. The molecule has 2 aliphatic rings. The average Bonchev–Trinajstić information content (AvgIpc) is 3.30. The van der Waals surface area contributed by atoms with Crippen molar-refractivity contribution in [3.63, 3.8) is 0 Å². The molecule has 1 fully saturated rings. The Morgan fingerprint density at radius 1 is 1.03 bits per heavy atom. The van der Waals surface area contributed by atoms with E-state index in [4.69, 9.17) is 9.97 Å². The largest absolute Gasteiger partial charge is 0.392 e. The Hall–Kier alpha value is -3.38. The van der Waals surface area contributed by atoms with E-state index in [2.05, 4.69) is 98.9 Å². The fraction of sp³-hybridized carbons (Fsp3) is 0.455. The molecular formula is C33H41N5O. The molecule has 6 heteroatoms. The van der Waals surface area contributed by atoms with Gasteiger partial charge in [-0.1, -0.05) is 52.0 Å². The van der Waals surface area contributed by atoms with E-state index in [0.29, 0.717) is 5.92 Å². The summed E-state index contributed by atoms with van der Waals surface area (Å²) >= 11 is 0. The van der Waals surface area contributed by atoms with Crippen LogP contribution in [0.4, 0.5) is 11.5 Å². The zero-order chi connectivity index (χ0) is 27.5. The topological polar surface area (TPSA) is 68.3 Å². The summed E-state index contributed by atoms with van der Waals surface area (Å²) < 4.78 is 0.